The van der Waals surface area contributed by atoms with Crippen LogP contribution in [0.2, 0.25) is 0 Å². The lowest BCUT2D eigenvalue weighted by atomic mass is 10.2. The van der Waals surface area contributed by atoms with Gasteiger partial charge in [0.1, 0.15) is 6.54 Å². The van der Waals surface area contributed by atoms with E-state index in [0.29, 0.717) is 15.8 Å². The minimum atomic E-state index is -3.99. The second-order valence-electron chi connectivity index (χ2n) is 5.83. The maximum atomic E-state index is 12.7. The summed E-state index contributed by atoms with van der Waals surface area (Å²) in [5.41, 5.74) is 0.874. The summed E-state index contributed by atoms with van der Waals surface area (Å²) in [7, 11) is -2.75. The molecule has 1 aromatic heterocycles. The van der Waals surface area contributed by atoms with E-state index < -0.39 is 22.0 Å². The number of esters is 2. The van der Waals surface area contributed by atoms with Gasteiger partial charge in [0.2, 0.25) is 4.80 Å². The summed E-state index contributed by atoms with van der Waals surface area (Å²) in [5, 5.41) is 0. The number of aromatic nitrogens is 1. The Kier molecular flexibility index (Phi) is 6.14. The summed E-state index contributed by atoms with van der Waals surface area (Å²) in [4.78, 5) is 24.0. The van der Waals surface area contributed by atoms with Gasteiger partial charge < -0.3 is 14.0 Å². The number of sulfonamides is 1. The molecule has 0 saturated carbocycles. The van der Waals surface area contributed by atoms with Crippen molar-refractivity contribution in [1.82, 2.24) is 4.57 Å². The van der Waals surface area contributed by atoms with E-state index in [-0.39, 0.29) is 22.8 Å². The van der Waals surface area contributed by atoms with Gasteiger partial charge in [0, 0.05) is 0 Å². The zero-order valence-corrected chi connectivity index (χ0v) is 17.3. The van der Waals surface area contributed by atoms with Crippen LogP contribution in [0.15, 0.2) is 57.8 Å². The van der Waals surface area contributed by atoms with Crippen LogP contribution in [-0.2, 0) is 30.8 Å². The first-order valence-corrected chi connectivity index (χ1v) is 10.8. The second kappa shape index (κ2) is 8.58. The van der Waals surface area contributed by atoms with E-state index >= 15 is 0 Å². The number of ether oxygens (including phenoxy) is 2. The first kappa shape index (κ1) is 20.7. The highest BCUT2D eigenvalue weighted by atomic mass is 32.2. The average molecular weight is 434 g/mol. The molecule has 0 aliphatic heterocycles. The van der Waals surface area contributed by atoms with Gasteiger partial charge in [-0.1, -0.05) is 29.5 Å². The molecule has 10 heteroatoms. The van der Waals surface area contributed by atoms with Crippen LogP contribution in [0.25, 0.3) is 10.2 Å². The van der Waals surface area contributed by atoms with Crippen molar-refractivity contribution < 1.29 is 27.5 Å². The van der Waals surface area contributed by atoms with Gasteiger partial charge in [-0.25, -0.2) is 4.79 Å². The van der Waals surface area contributed by atoms with E-state index in [1.54, 1.807) is 43.3 Å². The number of carbonyl (C=O) groups is 2. The summed E-state index contributed by atoms with van der Waals surface area (Å²) in [6.45, 7) is 1.72. The smallest absolute Gasteiger partial charge is 0.338 e. The molecular formula is C19H18N2O6S2. The van der Waals surface area contributed by atoms with Crippen molar-refractivity contribution in [2.24, 2.45) is 4.40 Å². The Morgan fingerprint density at radius 2 is 1.86 bits per heavy atom. The molecule has 0 bridgehead atoms. The molecule has 3 aromatic rings. The van der Waals surface area contributed by atoms with Crippen LogP contribution in [0, 0.1) is 0 Å². The normalized spacial score (nSPS) is 12.1. The molecule has 0 atom stereocenters. The molecule has 152 valence electrons. The van der Waals surface area contributed by atoms with Crippen molar-refractivity contribution in [2.75, 3.05) is 13.7 Å². The Morgan fingerprint density at radius 1 is 1.14 bits per heavy atom. The molecule has 29 heavy (non-hydrogen) atoms. The second-order valence-corrected chi connectivity index (χ2v) is 8.44. The molecule has 0 fully saturated rings. The van der Waals surface area contributed by atoms with Crippen LogP contribution >= 0.6 is 11.3 Å². The Hall–Kier alpha value is -2.98. The number of nitrogens with zero attached hydrogens (tertiary/aromatic N) is 2. The lowest BCUT2D eigenvalue weighted by Gasteiger charge is -2.05. The molecule has 3 rings (SSSR count). The van der Waals surface area contributed by atoms with Crippen LogP contribution in [0.5, 0.6) is 0 Å². The third-order valence-corrected chi connectivity index (χ3v) is 6.39. The molecule has 1 heterocycles. The van der Waals surface area contributed by atoms with E-state index in [4.69, 9.17) is 9.47 Å². The first-order valence-electron chi connectivity index (χ1n) is 8.59. The Morgan fingerprint density at radius 3 is 2.52 bits per heavy atom. The van der Waals surface area contributed by atoms with E-state index in [1.807, 2.05) is 0 Å². The minimum Gasteiger partial charge on any atom is -0.468 e. The van der Waals surface area contributed by atoms with Crippen molar-refractivity contribution in [3.05, 3.63) is 58.9 Å². The first-order chi connectivity index (χ1) is 13.9. The van der Waals surface area contributed by atoms with Crippen molar-refractivity contribution in [3.63, 3.8) is 0 Å². The summed E-state index contributed by atoms with van der Waals surface area (Å²) >= 11 is 1.05. The van der Waals surface area contributed by atoms with Crippen molar-refractivity contribution in [2.45, 2.75) is 18.4 Å². The third kappa shape index (κ3) is 4.54. The number of rotatable bonds is 6. The molecule has 8 nitrogen and oxygen atoms in total. The summed E-state index contributed by atoms with van der Waals surface area (Å²) in [6, 6.07) is 12.5. The monoisotopic (exact) mass is 434 g/mol. The highest BCUT2D eigenvalue weighted by molar-refractivity contribution is 7.90. The minimum absolute atomic E-state index is 0.0364. The summed E-state index contributed by atoms with van der Waals surface area (Å²) < 4.78 is 41.0. The van der Waals surface area contributed by atoms with E-state index in [2.05, 4.69) is 4.40 Å². The maximum absolute atomic E-state index is 12.7. The van der Waals surface area contributed by atoms with Crippen LogP contribution in [0.4, 0.5) is 0 Å². The van der Waals surface area contributed by atoms with Gasteiger partial charge >= 0.3 is 11.9 Å². The van der Waals surface area contributed by atoms with Gasteiger partial charge in [0.15, 0.2) is 0 Å². The zero-order chi connectivity index (χ0) is 21.0. The number of carbonyl (C=O) groups excluding carboxylic acids is 2. The lowest BCUT2D eigenvalue weighted by molar-refractivity contribution is -0.141. The molecule has 0 radical (unpaired) electrons. The fourth-order valence-electron chi connectivity index (χ4n) is 2.58. The fourth-order valence-corrected chi connectivity index (χ4v) is 4.87. The molecule has 0 saturated heterocycles. The SMILES string of the molecule is CCOC(=O)c1ccc2c(c1)s/c(=N\S(=O)(=O)c1ccccc1)n2CC(=O)OC. The molecule has 0 aliphatic rings. The predicted molar refractivity (Wildman–Crippen MR) is 107 cm³/mol. The molecule has 2 aromatic carbocycles. The van der Waals surface area contributed by atoms with Crippen molar-refractivity contribution in [3.8, 4) is 0 Å². The Balaban J connectivity index is 2.20. The van der Waals surface area contributed by atoms with Gasteiger partial charge in [-0.3, -0.25) is 4.79 Å². The van der Waals surface area contributed by atoms with Gasteiger partial charge in [-0.15, -0.1) is 4.40 Å². The van der Waals surface area contributed by atoms with Crippen LogP contribution in [0.3, 0.4) is 0 Å². The third-order valence-electron chi connectivity index (χ3n) is 3.95. The number of hydrogen-bond donors (Lipinski definition) is 0. The molecule has 0 unspecified atom stereocenters. The molecule has 0 N–H and O–H groups in total. The number of hydrogen-bond acceptors (Lipinski definition) is 7. The van der Waals surface area contributed by atoms with E-state index in [9.17, 15) is 18.0 Å². The Labute approximate surface area is 171 Å². The predicted octanol–water partition coefficient (Wildman–Crippen LogP) is 2.34. The molecule has 0 amide bonds. The lowest BCUT2D eigenvalue weighted by Crippen LogP contribution is -2.22. The van der Waals surface area contributed by atoms with Crippen LogP contribution in [-0.4, -0.2) is 38.6 Å². The summed E-state index contributed by atoms with van der Waals surface area (Å²) in [6.07, 6.45) is 0. The highest BCUT2D eigenvalue weighted by Crippen LogP contribution is 2.21. The van der Waals surface area contributed by atoms with E-state index in [1.165, 1.54) is 23.8 Å². The standard InChI is InChI=1S/C19H18N2O6S2/c1-3-27-18(23)13-9-10-15-16(11-13)28-19(21(15)12-17(22)26-2)20-29(24,25)14-7-5-4-6-8-14/h4-11H,3,12H2,1-2H3/b20-19-. The number of benzene rings is 2. The highest BCUT2D eigenvalue weighted by Gasteiger charge is 2.17. The number of thiazole rings is 1. The van der Waals surface area contributed by atoms with Gasteiger partial charge in [0.25, 0.3) is 10.0 Å². The molecule has 0 aliphatic carbocycles. The van der Waals surface area contributed by atoms with Gasteiger partial charge in [-0.05, 0) is 37.3 Å². The number of fused-ring (bicyclic) bond motifs is 1. The van der Waals surface area contributed by atoms with Crippen LogP contribution < -0.4 is 4.80 Å². The van der Waals surface area contributed by atoms with Crippen molar-refractivity contribution in [1.29, 1.82) is 0 Å². The maximum Gasteiger partial charge on any atom is 0.338 e. The van der Waals surface area contributed by atoms with E-state index in [0.717, 1.165) is 11.3 Å². The summed E-state index contributed by atoms with van der Waals surface area (Å²) in [5.74, 6) is -1.05. The average Bonchev–Trinajstić information content (AvgIpc) is 3.04. The fraction of sp³-hybridized carbons (Fsp3) is 0.211. The quantitative estimate of drug-likeness (QED) is 0.552. The molecular weight excluding hydrogens is 416 g/mol. The van der Waals surface area contributed by atoms with Gasteiger partial charge in [-0.2, -0.15) is 8.42 Å². The Bertz CT molecular complexity index is 1230. The topological polar surface area (TPSA) is 104 Å². The largest absolute Gasteiger partial charge is 0.468 e. The number of methoxy groups -OCH3 is 1. The van der Waals surface area contributed by atoms with Crippen molar-refractivity contribution >= 4 is 43.5 Å². The van der Waals surface area contributed by atoms with Gasteiger partial charge in [0.05, 0.1) is 34.4 Å². The molecule has 0 spiro atoms. The van der Waals surface area contributed by atoms with Crippen LogP contribution in [0.1, 0.15) is 17.3 Å². The zero-order valence-electron chi connectivity index (χ0n) is 15.7.